The van der Waals surface area contributed by atoms with Crippen LogP contribution in [0.5, 0.6) is 28.7 Å². The van der Waals surface area contributed by atoms with Crippen molar-refractivity contribution in [1.82, 2.24) is 10.6 Å². The lowest BCUT2D eigenvalue weighted by Crippen LogP contribution is -2.46. The van der Waals surface area contributed by atoms with E-state index in [0.717, 1.165) is 16.7 Å². The Hall–Kier alpha value is -4.93. The molecule has 49 heavy (non-hydrogen) atoms. The third-order valence-electron chi connectivity index (χ3n) is 8.91. The molecule has 0 radical (unpaired) electrons. The molecular formula is C38H49N3O8. The molecule has 0 heterocycles. The van der Waals surface area contributed by atoms with E-state index < -0.39 is 12.1 Å². The van der Waals surface area contributed by atoms with E-state index >= 15 is 0 Å². The van der Waals surface area contributed by atoms with Crippen LogP contribution in [0.4, 0.5) is 5.69 Å². The van der Waals surface area contributed by atoms with Gasteiger partial charge in [0.2, 0.25) is 23.0 Å². The van der Waals surface area contributed by atoms with Crippen molar-refractivity contribution in [2.45, 2.75) is 65.6 Å². The average molecular weight is 676 g/mol. The summed E-state index contributed by atoms with van der Waals surface area (Å²) in [6.07, 6.45) is 1.12. The Kier molecular flexibility index (Phi) is 12.0. The molecule has 0 saturated heterocycles. The van der Waals surface area contributed by atoms with E-state index in [1.807, 2.05) is 58.0 Å². The van der Waals surface area contributed by atoms with E-state index in [-0.39, 0.29) is 40.8 Å². The third kappa shape index (κ3) is 7.87. The fourth-order valence-electron chi connectivity index (χ4n) is 6.45. The molecule has 11 nitrogen and oxygen atoms in total. The second-order valence-corrected chi connectivity index (χ2v) is 12.8. The van der Waals surface area contributed by atoms with Gasteiger partial charge in [-0.05, 0) is 77.3 Å². The van der Waals surface area contributed by atoms with Crippen molar-refractivity contribution in [2.24, 2.45) is 11.8 Å². The van der Waals surface area contributed by atoms with Gasteiger partial charge < -0.3 is 39.6 Å². The number of benzene rings is 2. The molecule has 3 atom stereocenters. The van der Waals surface area contributed by atoms with E-state index in [9.17, 15) is 14.4 Å². The summed E-state index contributed by atoms with van der Waals surface area (Å²) < 4.78 is 28.1. The van der Waals surface area contributed by atoms with Gasteiger partial charge in [-0.2, -0.15) is 0 Å². The highest BCUT2D eigenvalue weighted by Gasteiger charge is 2.31. The number of hydrogen-bond donors (Lipinski definition) is 3. The van der Waals surface area contributed by atoms with Crippen molar-refractivity contribution >= 4 is 17.5 Å². The van der Waals surface area contributed by atoms with Crippen LogP contribution in [0.25, 0.3) is 11.1 Å². The molecule has 3 aromatic carbocycles. The molecule has 0 unspecified atom stereocenters. The zero-order valence-corrected chi connectivity index (χ0v) is 30.1. The predicted octanol–water partition coefficient (Wildman–Crippen LogP) is 5.83. The smallest absolute Gasteiger partial charge is 0.243 e. The van der Waals surface area contributed by atoms with E-state index in [1.54, 1.807) is 47.7 Å². The summed E-state index contributed by atoms with van der Waals surface area (Å²) in [6, 6.07) is 11.0. The fourth-order valence-corrected chi connectivity index (χ4v) is 6.45. The molecular weight excluding hydrogens is 626 g/mol. The minimum atomic E-state index is -0.742. The number of ether oxygens (including phenoxy) is 5. The lowest BCUT2D eigenvalue weighted by atomic mass is 9.94. The van der Waals surface area contributed by atoms with Crippen LogP contribution in [0, 0.1) is 11.8 Å². The molecule has 264 valence electrons. The maximum Gasteiger partial charge on any atom is 0.243 e. The Morgan fingerprint density at radius 1 is 0.776 bits per heavy atom. The van der Waals surface area contributed by atoms with Gasteiger partial charge in [-0.3, -0.25) is 14.4 Å². The maximum absolute atomic E-state index is 14.0. The molecule has 0 spiro atoms. The van der Waals surface area contributed by atoms with Gasteiger partial charge in [0.25, 0.3) is 0 Å². The first kappa shape index (κ1) is 36.9. The molecule has 4 rings (SSSR count). The van der Waals surface area contributed by atoms with Crippen molar-refractivity contribution in [3.8, 4) is 39.9 Å². The first-order chi connectivity index (χ1) is 23.4. The second kappa shape index (κ2) is 16.0. The molecule has 3 N–H and O–H groups in total. The SMILES string of the molecule is COc1ccc([C@@H](NC(=O)[C@@H](Nc2ccc3c(cc2=O)[C@@H](NC(C)=O)CCc2cc(OC)c(OC)c(OC)c2-3)C(C)C)C(C)C)cc1OC. The predicted molar refractivity (Wildman–Crippen MR) is 190 cm³/mol. The number of carbonyl (C=O) groups excluding carboxylic acids is 2. The van der Waals surface area contributed by atoms with E-state index in [1.165, 1.54) is 6.92 Å². The van der Waals surface area contributed by atoms with Gasteiger partial charge in [0.15, 0.2) is 23.0 Å². The van der Waals surface area contributed by atoms with Crippen LogP contribution in [0.15, 0.2) is 47.3 Å². The largest absolute Gasteiger partial charge is 0.493 e. The number of rotatable bonds is 13. The van der Waals surface area contributed by atoms with Crippen molar-refractivity contribution < 1.29 is 33.3 Å². The maximum atomic E-state index is 14.0. The van der Waals surface area contributed by atoms with Crippen LogP contribution in [0.2, 0.25) is 0 Å². The summed E-state index contributed by atoms with van der Waals surface area (Å²) in [5, 5.41) is 9.49. The topological polar surface area (TPSA) is 133 Å². The molecule has 0 saturated carbocycles. The van der Waals surface area contributed by atoms with Gasteiger partial charge in [0.05, 0.1) is 53.3 Å². The van der Waals surface area contributed by atoms with Crippen molar-refractivity contribution in [2.75, 3.05) is 40.9 Å². The second-order valence-electron chi connectivity index (χ2n) is 12.8. The number of anilines is 1. The fraction of sp³-hybridized carbons (Fsp3) is 0.447. The highest BCUT2D eigenvalue weighted by Crippen LogP contribution is 2.50. The van der Waals surface area contributed by atoms with Crippen LogP contribution in [-0.4, -0.2) is 53.4 Å². The number of aryl methyl sites for hydroxylation is 1. The molecule has 0 fully saturated rings. The summed E-state index contributed by atoms with van der Waals surface area (Å²) >= 11 is 0. The molecule has 0 bridgehead atoms. The van der Waals surface area contributed by atoms with Gasteiger partial charge in [-0.25, -0.2) is 0 Å². The average Bonchev–Trinajstić information content (AvgIpc) is 3.32. The normalized spacial score (nSPS) is 14.8. The quantitative estimate of drug-likeness (QED) is 0.205. The Morgan fingerprint density at radius 2 is 1.45 bits per heavy atom. The number of amides is 2. The third-order valence-corrected chi connectivity index (χ3v) is 8.91. The van der Waals surface area contributed by atoms with Gasteiger partial charge >= 0.3 is 0 Å². The monoisotopic (exact) mass is 675 g/mol. The van der Waals surface area contributed by atoms with Crippen molar-refractivity contribution in [3.05, 3.63) is 69.4 Å². The number of methoxy groups -OCH3 is 5. The first-order valence-electron chi connectivity index (χ1n) is 16.4. The van der Waals surface area contributed by atoms with Crippen molar-refractivity contribution in [3.63, 3.8) is 0 Å². The summed E-state index contributed by atoms with van der Waals surface area (Å²) in [7, 11) is 7.81. The molecule has 1 aliphatic rings. The lowest BCUT2D eigenvalue weighted by molar-refractivity contribution is -0.123. The Labute approximate surface area is 288 Å². The van der Waals surface area contributed by atoms with Crippen LogP contribution in [0.3, 0.4) is 0 Å². The van der Waals surface area contributed by atoms with Crippen LogP contribution >= 0.6 is 0 Å². The number of hydrogen-bond acceptors (Lipinski definition) is 9. The minimum Gasteiger partial charge on any atom is -0.493 e. The summed E-state index contributed by atoms with van der Waals surface area (Å²) in [4.78, 5) is 40.3. The van der Waals surface area contributed by atoms with Crippen LogP contribution in [0.1, 0.15) is 69.8 Å². The summed E-state index contributed by atoms with van der Waals surface area (Å²) in [5.74, 6) is 1.97. The summed E-state index contributed by atoms with van der Waals surface area (Å²) in [5.41, 5.74) is 3.80. The zero-order valence-electron chi connectivity index (χ0n) is 30.1. The molecule has 11 heteroatoms. The number of carbonyl (C=O) groups is 2. The van der Waals surface area contributed by atoms with E-state index in [0.29, 0.717) is 52.7 Å². The Bertz CT molecular complexity index is 1740. The van der Waals surface area contributed by atoms with Gasteiger partial charge in [0, 0.05) is 12.5 Å². The highest BCUT2D eigenvalue weighted by atomic mass is 16.5. The Morgan fingerprint density at radius 3 is 2.02 bits per heavy atom. The van der Waals surface area contributed by atoms with Crippen LogP contribution in [-0.2, 0) is 16.0 Å². The molecule has 1 aliphatic carbocycles. The number of nitrogens with one attached hydrogen (secondary N) is 3. The molecule has 0 aliphatic heterocycles. The van der Waals surface area contributed by atoms with E-state index in [4.69, 9.17) is 23.7 Å². The lowest BCUT2D eigenvalue weighted by Gasteiger charge is -2.28. The standard InChI is InChI=1S/C38H49N3O8/c1-20(2)34(24-12-16-30(45-6)31(18-24)46-7)41-38(44)35(21(3)4)40-28-15-13-25-26(19-29(28)43)27(39-22(5)42)14-11-23-17-32(47-8)36(48-9)37(49-10)33(23)25/h12-13,15-21,27,34-35H,11,14H2,1-10H3,(H,39,42)(H,40,43)(H,41,44)/t27-,34-,35-/m0/s1. The van der Waals surface area contributed by atoms with Gasteiger partial charge in [-0.15, -0.1) is 0 Å². The van der Waals surface area contributed by atoms with E-state index in [2.05, 4.69) is 16.0 Å². The first-order valence-corrected chi connectivity index (χ1v) is 16.4. The zero-order chi connectivity index (χ0) is 36.0. The molecule has 2 amide bonds. The van der Waals surface area contributed by atoms with Gasteiger partial charge in [0.1, 0.15) is 6.04 Å². The minimum absolute atomic E-state index is 0.0477. The van der Waals surface area contributed by atoms with Gasteiger partial charge in [-0.1, -0.05) is 39.8 Å². The summed E-state index contributed by atoms with van der Waals surface area (Å²) in [6.45, 7) is 9.36. The number of fused-ring (bicyclic) bond motifs is 3. The van der Waals surface area contributed by atoms with Crippen molar-refractivity contribution in [1.29, 1.82) is 0 Å². The van der Waals surface area contributed by atoms with Crippen LogP contribution < -0.4 is 45.1 Å². The highest BCUT2D eigenvalue weighted by molar-refractivity contribution is 5.86. The molecule has 3 aromatic rings. The Balaban J connectivity index is 1.79. The molecule has 0 aromatic heterocycles.